The first-order valence-corrected chi connectivity index (χ1v) is 12.1. The van der Waals surface area contributed by atoms with Crippen LogP contribution in [0.4, 0.5) is 13.2 Å². The molecule has 16 heteroatoms. The predicted octanol–water partition coefficient (Wildman–Crippen LogP) is 3.00. The Kier molecular flexibility index (Phi) is 7.31. The fraction of sp³-hybridized carbons (Fsp3) is 0.412. The van der Waals surface area contributed by atoms with Crippen LogP contribution in [0.2, 0.25) is 5.15 Å². The lowest BCUT2D eigenvalue weighted by molar-refractivity contribution is -0.178. The first kappa shape index (κ1) is 24.8. The second kappa shape index (κ2) is 9.73. The molecule has 3 N–H and O–H groups in total. The average Bonchev–Trinajstić information content (AvgIpc) is 3.38. The SMILES string of the molecule is OCC1OC(Sc2cnc(C(F)(F)F)c(Br)c2)C(O)C(n2cc(-c3nc(Cl)cs3)nn2)C1O. The van der Waals surface area contributed by atoms with Crippen molar-refractivity contribution in [1.29, 1.82) is 0 Å². The van der Waals surface area contributed by atoms with E-state index in [2.05, 4.69) is 36.2 Å². The summed E-state index contributed by atoms with van der Waals surface area (Å²) < 4.78 is 45.4. The number of hydrogen-bond donors (Lipinski definition) is 3. The number of hydrogen-bond acceptors (Lipinski definition) is 10. The van der Waals surface area contributed by atoms with Crippen molar-refractivity contribution in [2.24, 2.45) is 0 Å². The molecule has 178 valence electrons. The first-order valence-electron chi connectivity index (χ1n) is 9.13. The Morgan fingerprint density at radius 3 is 2.67 bits per heavy atom. The van der Waals surface area contributed by atoms with E-state index in [0.29, 0.717) is 10.7 Å². The highest BCUT2D eigenvalue weighted by Crippen LogP contribution is 2.40. The molecule has 0 bridgehead atoms. The lowest BCUT2D eigenvalue weighted by Crippen LogP contribution is -2.55. The van der Waals surface area contributed by atoms with Gasteiger partial charge in [0.2, 0.25) is 0 Å². The smallest absolute Gasteiger partial charge is 0.394 e. The molecule has 5 atom stereocenters. The predicted molar refractivity (Wildman–Crippen MR) is 116 cm³/mol. The molecular weight excluding hydrogens is 575 g/mol. The highest BCUT2D eigenvalue weighted by molar-refractivity contribution is 9.10. The number of rotatable bonds is 5. The second-order valence-electron chi connectivity index (χ2n) is 6.87. The zero-order valence-electron chi connectivity index (χ0n) is 16.1. The zero-order chi connectivity index (χ0) is 23.9. The number of thiazole rings is 1. The maximum Gasteiger partial charge on any atom is 0.434 e. The Morgan fingerprint density at radius 2 is 2.06 bits per heavy atom. The number of aliphatic hydroxyl groups excluding tert-OH is 3. The van der Waals surface area contributed by atoms with Crippen molar-refractivity contribution in [2.45, 2.75) is 40.9 Å². The standard InChI is InChI=1S/C17H14BrClF3N5O4S2/c18-7-1-6(2-23-14(7)17(20,21)22)33-16-13(30)11(12(29)9(4-28)31-16)27-3-8(25-26-27)15-24-10(19)5-32-15/h1-3,5,9,11-13,16,28-30H,4H2. The van der Waals surface area contributed by atoms with E-state index in [1.807, 2.05) is 0 Å². The van der Waals surface area contributed by atoms with Crippen molar-refractivity contribution in [3.8, 4) is 10.7 Å². The van der Waals surface area contributed by atoms with Gasteiger partial charge in [-0.05, 0) is 22.0 Å². The maximum atomic E-state index is 13.0. The average molecular weight is 589 g/mol. The van der Waals surface area contributed by atoms with Gasteiger partial charge in [0.05, 0.1) is 12.8 Å². The van der Waals surface area contributed by atoms with E-state index in [1.54, 1.807) is 5.38 Å². The molecular formula is C17H14BrClF3N5O4S2. The van der Waals surface area contributed by atoms with E-state index >= 15 is 0 Å². The monoisotopic (exact) mass is 587 g/mol. The van der Waals surface area contributed by atoms with Crippen molar-refractivity contribution < 1.29 is 33.2 Å². The van der Waals surface area contributed by atoms with Gasteiger partial charge in [-0.3, -0.25) is 0 Å². The number of ether oxygens (including phenoxy) is 1. The topological polar surface area (TPSA) is 126 Å². The minimum atomic E-state index is -4.63. The summed E-state index contributed by atoms with van der Waals surface area (Å²) in [6.45, 7) is -0.569. The zero-order valence-corrected chi connectivity index (χ0v) is 20.1. The van der Waals surface area contributed by atoms with Gasteiger partial charge in [-0.15, -0.1) is 16.4 Å². The summed E-state index contributed by atoms with van der Waals surface area (Å²) in [5, 5.41) is 41.6. The van der Waals surface area contributed by atoms with Crippen LogP contribution in [-0.4, -0.2) is 70.6 Å². The second-order valence-corrected chi connectivity index (χ2v) is 10.1. The van der Waals surface area contributed by atoms with E-state index in [1.165, 1.54) is 28.3 Å². The number of thioether (sulfide) groups is 1. The van der Waals surface area contributed by atoms with E-state index in [9.17, 15) is 28.5 Å². The maximum absolute atomic E-state index is 13.0. The molecule has 1 fully saturated rings. The number of aliphatic hydroxyl groups is 3. The molecule has 5 unspecified atom stereocenters. The van der Waals surface area contributed by atoms with Crippen molar-refractivity contribution in [2.75, 3.05) is 6.61 Å². The van der Waals surface area contributed by atoms with Crippen molar-refractivity contribution in [3.63, 3.8) is 0 Å². The fourth-order valence-corrected chi connectivity index (χ4v) is 5.88. The Balaban J connectivity index is 1.59. The molecule has 0 aromatic carbocycles. The molecule has 3 aromatic heterocycles. The van der Waals surface area contributed by atoms with Gasteiger partial charge in [0.1, 0.15) is 45.6 Å². The number of pyridine rings is 1. The molecule has 4 heterocycles. The van der Waals surface area contributed by atoms with E-state index in [-0.39, 0.29) is 14.5 Å². The van der Waals surface area contributed by atoms with Crippen LogP contribution in [0.1, 0.15) is 11.7 Å². The normalized spacial score (nSPS) is 26.0. The minimum absolute atomic E-state index is 0.266. The van der Waals surface area contributed by atoms with Crippen molar-refractivity contribution >= 4 is 50.6 Å². The van der Waals surface area contributed by atoms with Crippen LogP contribution >= 0.6 is 50.6 Å². The summed E-state index contributed by atoms with van der Waals surface area (Å²) in [5.74, 6) is 0. The molecule has 0 spiro atoms. The van der Waals surface area contributed by atoms with Gasteiger partial charge in [0.15, 0.2) is 5.69 Å². The van der Waals surface area contributed by atoms with Crippen LogP contribution in [0.3, 0.4) is 0 Å². The van der Waals surface area contributed by atoms with Gasteiger partial charge in [-0.2, -0.15) is 13.2 Å². The summed E-state index contributed by atoms with van der Waals surface area (Å²) in [7, 11) is 0. The Labute approximate surface area is 205 Å². The molecule has 3 aromatic rings. The number of nitrogens with zero attached hydrogens (tertiary/aromatic N) is 5. The lowest BCUT2D eigenvalue weighted by Gasteiger charge is -2.41. The molecule has 1 aliphatic heterocycles. The van der Waals surface area contributed by atoms with Crippen LogP contribution in [0.25, 0.3) is 10.7 Å². The van der Waals surface area contributed by atoms with Crippen LogP contribution < -0.4 is 0 Å². The Bertz CT molecular complexity index is 1140. The fourth-order valence-electron chi connectivity index (χ4n) is 3.20. The van der Waals surface area contributed by atoms with E-state index in [0.717, 1.165) is 18.0 Å². The van der Waals surface area contributed by atoms with E-state index < -0.39 is 48.3 Å². The van der Waals surface area contributed by atoms with Gasteiger partial charge in [0.25, 0.3) is 0 Å². The summed E-state index contributed by atoms with van der Waals surface area (Å²) in [6, 6.07) is 0.126. The molecule has 0 aliphatic carbocycles. The number of alkyl halides is 3. The van der Waals surface area contributed by atoms with Crippen molar-refractivity contribution in [1.82, 2.24) is 25.0 Å². The molecule has 9 nitrogen and oxygen atoms in total. The summed E-state index contributed by atoms with van der Waals surface area (Å²) in [5.41, 5.74) is -1.79. The molecule has 1 aliphatic rings. The Morgan fingerprint density at radius 1 is 1.30 bits per heavy atom. The molecule has 0 amide bonds. The summed E-state index contributed by atoms with van der Waals surface area (Å²) >= 11 is 10.8. The molecule has 33 heavy (non-hydrogen) atoms. The third-order valence-corrected chi connectivity index (χ3v) is 7.61. The molecule has 1 saturated heterocycles. The Hall–Kier alpha value is -1.33. The van der Waals surface area contributed by atoms with Gasteiger partial charge >= 0.3 is 6.18 Å². The highest BCUT2D eigenvalue weighted by Gasteiger charge is 2.46. The number of aromatic nitrogens is 5. The molecule has 0 radical (unpaired) electrons. The van der Waals surface area contributed by atoms with Crippen LogP contribution in [-0.2, 0) is 10.9 Å². The highest BCUT2D eigenvalue weighted by atomic mass is 79.9. The molecule has 0 saturated carbocycles. The third kappa shape index (κ3) is 5.19. The van der Waals surface area contributed by atoms with Gasteiger partial charge in [-0.1, -0.05) is 28.6 Å². The largest absolute Gasteiger partial charge is 0.434 e. The summed E-state index contributed by atoms with van der Waals surface area (Å²) in [4.78, 5) is 7.80. The van der Waals surface area contributed by atoms with Crippen LogP contribution in [0.5, 0.6) is 0 Å². The van der Waals surface area contributed by atoms with Gasteiger partial charge in [0, 0.05) is 20.9 Å². The number of halogens is 5. The quantitative estimate of drug-likeness (QED) is 0.412. The van der Waals surface area contributed by atoms with Crippen molar-refractivity contribution in [3.05, 3.63) is 39.2 Å². The summed E-state index contributed by atoms with van der Waals surface area (Å²) in [6.07, 6.45) is -5.99. The van der Waals surface area contributed by atoms with Gasteiger partial charge < -0.3 is 20.1 Å². The first-order chi connectivity index (χ1) is 15.6. The van der Waals surface area contributed by atoms with E-state index in [4.69, 9.17) is 16.3 Å². The third-order valence-electron chi connectivity index (χ3n) is 4.70. The lowest BCUT2D eigenvalue weighted by atomic mass is 9.97. The van der Waals surface area contributed by atoms with Crippen LogP contribution in [0.15, 0.2) is 33.2 Å². The molecule has 4 rings (SSSR count). The van der Waals surface area contributed by atoms with Gasteiger partial charge in [-0.25, -0.2) is 14.6 Å². The van der Waals surface area contributed by atoms with Crippen LogP contribution in [0, 0.1) is 0 Å². The minimum Gasteiger partial charge on any atom is -0.394 e.